The van der Waals surface area contributed by atoms with Crippen molar-refractivity contribution < 1.29 is 8.42 Å². The molecule has 16 heavy (non-hydrogen) atoms. The van der Waals surface area contributed by atoms with Crippen molar-refractivity contribution in [3.63, 3.8) is 0 Å². The molecule has 0 bridgehead atoms. The third-order valence-electron chi connectivity index (χ3n) is 1.78. The highest BCUT2D eigenvalue weighted by molar-refractivity contribution is 7.89. The van der Waals surface area contributed by atoms with Crippen LogP contribution in [0.5, 0.6) is 0 Å². The van der Waals surface area contributed by atoms with Crippen LogP contribution in [-0.4, -0.2) is 19.4 Å². The molecule has 1 rings (SSSR count). The third kappa shape index (κ3) is 3.18. The van der Waals surface area contributed by atoms with Gasteiger partial charge < -0.3 is 0 Å². The molecule has 0 fully saturated rings. The molecule has 1 heterocycles. The van der Waals surface area contributed by atoms with Crippen molar-refractivity contribution in [1.82, 2.24) is 9.71 Å². The summed E-state index contributed by atoms with van der Waals surface area (Å²) >= 11 is 11.3. The molecular weight excluding hydrogens is 271 g/mol. The van der Waals surface area contributed by atoms with Crippen molar-refractivity contribution in [2.45, 2.75) is 17.9 Å². The van der Waals surface area contributed by atoms with Crippen LogP contribution in [0.25, 0.3) is 0 Å². The second-order valence-electron chi connectivity index (χ2n) is 3.09. The molecule has 0 aliphatic heterocycles. The van der Waals surface area contributed by atoms with Crippen LogP contribution >= 0.6 is 23.2 Å². The molecule has 0 aliphatic carbocycles. The van der Waals surface area contributed by atoms with Gasteiger partial charge in [-0.25, -0.2) is 18.1 Å². The molecule has 1 aromatic rings. The molecule has 1 atom stereocenters. The van der Waals surface area contributed by atoms with Crippen LogP contribution in [0.1, 0.15) is 6.92 Å². The molecular formula is C9H10Cl2N2O2S. The van der Waals surface area contributed by atoms with Gasteiger partial charge in [-0.15, -0.1) is 6.58 Å². The standard InChI is InChI=1S/C9H10Cl2N2O2S/c1-3-6(2)13-16(14,15)7-4-8(10)9(11)12-5-7/h3-6,13H,1H2,2H3. The average molecular weight is 281 g/mol. The molecule has 0 amide bonds. The average Bonchev–Trinajstić information content (AvgIpc) is 2.21. The molecule has 0 radical (unpaired) electrons. The van der Waals surface area contributed by atoms with Gasteiger partial charge in [0.1, 0.15) is 10.0 Å². The first-order valence-corrected chi connectivity index (χ1v) is 6.56. The largest absolute Gasteiger partial charge is 0.242 e. The molecule has 1 aromatic heterocycles. The number of halogens is 2. The van der Waals surface area contributed by atoms with E-state index in [-0.39, 0.29) is 21.1 Å². The van der Waals surface area contributed by atoms with Crippen LogP contribution in [0.4, 0.5) is 0 Å². The van der Waals surface area contributed by atoms with Gasteiger partial charge in [-0.05, 0) is 13.0 Å². The van der Waals surface area contributed by atoms with E-state index in [4.69, 9.17) is 23.2 Å². The summed E-state index contributed by atoms with van der Waals surface area (Å²) in [6.07, 6.45) is 2.62. The molecule has 0 aliphatic rings. The summed E-state index contributed by atoms with van der Waals surface area (Å²) in [7, 11) is -3.64. The maximum Gasteiger partial charge on any atom is 0.242 e. The van der Waals surface area contributed by atoms with Crippen LogP contribution in [0.2, 0.25) is 10.2 Å². The highest BCUT2D eigenvalue weighted by atomic mass is 35.5. The second-order valence-corrected chi connectivity index (χ2v) is 5.57. The van der Waals surface area contributed by atoms with Crippen molar-refractivity contribution in [2.24, 2.45) is 0 Å². The highest BCUT2D eigenvalue weighted by Crippen LogP contribution is 2.22. The van der Waals surface area contributed by atoms with Crippen LogP contribution in [0.15, 0.2) is 29.8 Å². The molecule has 1 unspecified atom stereocenters. The van der Waals surface area contributed by atoms with E-state index in [9.17, 15) is 8.42 Å². The number of hydrogen-bond donors (Lipinski definition) is 1. The molecule has 0 saturated heterocycles. The summed E-state index contributed by atoms with van der Waals surface area (Å²) in [5.74, 6) is 0. The monoisotopic (exact) mass is 280 g/mol. The lowest BCUT2D eigenvalue weighted by atomic mass is 10.4. The van der Waals surface area contributed by atoms with E-state index in [1.807, 2.05) is 0 Å². The van der Waals surface area contributed by atoms with Gasteiger partial charge in [-0.2, -0.15) is 0 Å². The first-order chi connectivity index (χ1) is 7.36. The quantitative estimate of drug-likeness (QED) is 0.680. The molecule has 0 spiro atoms. The molecule has 1 N–H and O–H groups in total. The van der Waals surface area contributed by atoms with Gasteiger partial charge in [-0.3, -0.25) is 0 Å². The Morgan fingerprint density at radius 3 is 2.69 bits per heavy atom. The van der Waals surface area contributed by atoms with E-state index in [1.165, 1.54) is 12.1 Å². The van der Waals surface area contributed by atoms with Crippen LogP contribution in [0.3, 0.4) is 0 Å². The van der Waals surface area contributed by atoms with Crippen molar-refractivity contribution in [3.05, 3.63) is 35.1 Å². The van der Waals surface area contributed by atoms with Gasteiger partial charge in [-0.1, -0.05) is 29.3 Å². The van der Waals surface area contributed by atoms with Crippen molar-refractivity contribution >= 4 is 33.2 Å². The number of hydrogen-bond acceptors (Lipinski definition) is 3. The van der Waals surface area contributed by atoms with Crippen molar-refractivity contribution in [2.75, 3.05) is 0 Å². The minimum atomic E-state index is -3.64. The zero-order chi connectivity index (χ0) is 12.3. The van der Waals surface area contributed by atoms with Gasteiger partial charge in [0.25, 0.3) is 0 Å². The molecule has 4 nitrogen and oxygen atoms in total. The fourth-order valence-corrected chi connectivity index (χ4v) is 2.43. The van der Waals surface area contributed by atoms with Crippen molar-refractivity contribution in [1.29, 1.82) is 0 Å². The summed E-state index contributed by atoms with van der Waals surface area (Å²) in [4.78, 5) is 3.63. The number of rotatable bonds is 4. The molecule has 88 valence electrons. The van der Waals surface area contributed by atoms with E-state index in [1.54, 1.807) is 6.92 Å². The Balaban J connectivity index is 3.08. The fraction of sp³-hybridized carbons (Fsp3) is 0.222. The maximum absolute atomic E-state index is 11.8. The molecule has 0 saturated carbocycles. The summed E-state index contributed by atoms with van der Waals surface area (Å²) in [6.45, 7) is 5.14. The third-order valence-corrected chi connectivity index (χ3v) is 3.99. The van der Waals surface area contributed by atoms with E-state index >= 15 is 0 Å². The van der Waals surface area contributed by atoms with Gasteiger partial charge in [0, 0.05) is 12.2 Å². The predicted molar refractivity (Wildman–Crippen MR) is 64.2 cm³/mol. The second kappa shape index (κ2) is 5.14. The highest BCUT2D eigenvalue weighted by Gasteiger charge is 2.17. The SMILES string of the molecule is C=CC(C)NS(=O)(=O)c1cnc(Cl)c(Cl)c1. The van der Waals surface area contributed by atoms with Crippen LogP contribution in [0, 0.1) is 0 Å². The smallest absolute Gasteiger partial charge is 0.242 e. The van der Waals surface area contributed by atoms with Crippen LogP contribution < -0.4 is 4.72 Å². The Hall–Kier alpha value is -0.620. The lowest BCUT2D eigenvalue weighted by molar-refractivity contribution is 0.576. The Kier molecular flexibility index (Phi) is 4.32. The first-order valence-electron chi connectivity index (χ1n) is 4.32. The summed E-state index contributed by atoms with van der Waals surface area (Å²) in [6, 6.07) is 0.870. The first kappa shape index (κ1) is 13.4. The summed E-state index contributed by atoms with van der Waals surface area (Å²) < 4.78 is 25.9. The lowest BCUT2D eigenvalue weighted by Crippen LogP contribution is -2.31. The van der Waals surface area contributed by atoms with Gasteiger partial charge in [0.2, 0.25) is 10.0 Å². The Morgan fingerprint density at radius 1 is 1.56 bits per heavy atom. The van der Waals surface area contributed by atoms with E-state index in [2.05, 4.69) is 16.3 Å². The number of sulfonamides is 1. The lowest BCUT2D eigenvalue weighted by Gasteiger charge is -2.10. The Labute approximate surface area is 104 Å². The Bertz CT molecular complexity index is 502. The normalized spacial score (nSPS) is 13.4. The fourth-order valence-electron chi connectivity index (χ4n) is 0.912. The van der Waals surface area contributed by atoms with E-state index in [0.29, 0.717) is 0 Å². The molecule has 0 aromatic carbocycles. The molecule has 7 heteroatoms. The number of aromatic nitrogens is 1. The van der Waals surface area contributed by atoms with Gasteiger partial charge >= 0.3 is 0 Å². The topological polar surface area (TPSA) is 59.1 Å². The zero-order valence-electron chi connectivity index (χ0n) is 8.44. The number of pyridine rings is 1. The van der Waals surface area contributed by atoms with Crippen molar-refractivity contribution in [3.8, 4) is 0 Å². The number of nitrogens with one attached hydrogen (secondary N) is 1. The van der Waals surface area contributed by atoms with E-state index in [0.717, 1.165) is 6.20 Å². The minimum Gasteiger partial charge on any atom is -0.242 e. The number of nitrogens with zero attached hydrogens (tertiary/aromatic N) is 1. The Morgan fingerprint density at radius 2 is 2.19 bits per heavy atom. The minimum absolute atomic E-state index is 0.0319. The zero-order valence-corrected chi connectivity index (χ0v) is 10.8. The summed E-state index contributed by atoms with van der Waals surface area (Å²) in [5, 5.41) is 0.160. The maximum atomic E-state index is 11.8. The van der Waals surface area contributed by atoms with Gasteiger partial charge in [0.15, 0.2) is 0 Å². The van der Waals surface area contributed by atoms with Gasteiger partial charge in [0.05, 0.1) is 5.02 Å². The predicted octanol–water partition coefficient (Wildman–Crippen LogP) is 2.24. The van der Waals surface area contributed by atoms with E-state index < -0.39 is 10.0 Å². The summed E-state index contributed by atoms with van der Waals surface area (Å²) in [5.41, 5.74) is 0. The van der Waals surface area contributed by atoms with Crippen LogP contribution in [-0.2, 0) is 10.0 Å².